The SMILES string of the molecule is CCN(CC)CCCNC(C)c1ccco1. The van der Waals surface area contributed by atoms with Crippen LogP contribution in [0, 0.1) is 0 Å². The van der Waals surface area contributed by atoms with Gasteiger partial charge in [0.1, 0.15) is 5.76 Å². The van der Waals surface area contributed by atoms with Crippen LogP contribution in [0.2, 0.25) is 0 Å². The molecule has 0 amide bonds. The molecule has 0 aromatic carbocycles. The Balaban J connectivity index is 2.11. The topological polar surface area (TPSA) is 28.4 Å². The van der Waals surface area contributed by atoms with Crippen molar-refractivity contribution in [3.05, 3.63) is 24.2 Å². The molecule has 0 spiro atoms. The standard InChI is InChI=1S/C13H24N2O/c1-4-15(5-2)10-7-9-14-12(3)13-8-6-11-16-13/h6,8,11-12,14H,4-5,7,9-10H2,1-3H3. The molecule has 1 aromatic heterocycles. The monoisotopic (exact) mass is 224 g/mol. The summed E-state index contributed by atoms with van der Waals surface area (Å²) in [5, 5.41) is 3.47. The van der Waals surface area contributed by atoms with Gasteiger partial charge in [-0.3, -0.25) is 0 Å². The van der Waals surface area contributed by atoms with Gasteiger partial charge in [-0.15, -0.1) is 0 Å². The van der Waals surface area contributed by atoms with Gasteiger partial charge in [0.2, 0.25) is 0 Å². The van der Waals surface area contributed by atoms with Crippen LogP contribution in [0.4, 0.5) is 0 Å². The summed E-state index contributed by atoms with van der Waals surface area (Å²) in [5.74, 6) is 1.02. The zero-order chi connectivity index (χ0) is 11.8. The molecule has 0 fully saturated rings. The van der Waals surface area contributed by atoms with E-state index in [1.54, 1.807) is 6.26 Å². The first kappa shape index (κ1) is 13.3. The molecule has 16 heavy (non-hydrogen) atoms. The Morgan fingerprint density at radius 3 is 2.69 bits per heavy atom. The first-order chi connectivity index (χ1) is 7.77. The van der Waals surface area contributed by atoms with E-state index in [2.05, 4.69) is 31.0 Å². The summed E-state index contributed by atoms with van der Waals surface area (Å²) in [6.07, 6.45) is 2.91. The molecule has 0 bridgehead atoms. The fourth-order valence-electron chi connectivity index (χ4n) is 1.80. The minimum absolute atomic E-state index is 0.312. The van der Waals surface area contributed by atoms with Gasteiger partial charge in [-0.05, 0) is 51.7 Å². The molecule has 1 unspecified atom stereocenters. The third-order valence-corrected chi connectivity index (χ3v) is 2.97. The van der Waals surface area contributed by atoms with Crippen LogP contribution in [0.5, 0.6) is 0 Å². The number of nitrogens with one attached hydrogen (secondary N) is 1. The summed E-state index contributed by atoms with van der Waals surface area (Å²) in [4.78, 5) is 2.44. The molecule has 0 radical (unpaired) electrons. The summed E-state index contributed by atoms with van der Waals surface area (Å²) in [6.45, 7) is 11.1. The molecule has 3 nitrogen and oxygen atoms in total. The fourth-order valence-corrected chi connectivity index (χ4v) is 1.80. The second-order valence-electron chi connectivity index (χ2n) is 4.07. The van der Waals surface area contributed by atoms with E-state index in [0.29, 0.717) is 6.04 Å². The highest BCUT2D eigenvalue weighted by atomic mass is 16.3. The van der Waals surface area contributed by atoms with Crippen molar-refractivity contribution in [2.45, 2.75) is 33.2 Å². The van der Waals surface area contributed by atoms with Crippen LogP contribution in [-0.4, -0.2) is 31.1 Å². The molecule has 3 heteroatoms. The summed E-state index contributed by atoms with van der Waals surface area (Å²) in [7, 11) is 0. The van der Waals surface area contributed by atoms with E-state index >= 15 is 0 Å². The predicted molar refractivity (Wildman–Crippen MR) is 67.5 cm³/mol. The van der Waals surface area contributed by atoms with Gasteiger partial charge < -0.3 is 14.6 Å². The highest BCUT2D eigenvalue weighted by Gasteiger charge is 2.06. The maximum atomic E-state index is 5.34. The van der Waals surface area contributed by atoms with Gasteiger partial charge in [0.05, 0.1) is 12.3 Å². The van der Waals surface area contributed by atoms with Crippen LogP contribution in [-0.2, 0) is 0 Å². The molecule has 1 atom stereocenters. The Hall–Kier alpha value is -0.800. The maximum Gasteiger partial charge on any atom is 0.120 e. The normalized spacial score (nSPS) is 13.2. The zero-order valence-corrected chi connectivity index (χ0v) is 10.7. The van der Waals surface area contributed by atoms with Crippen molar-refractivity contribution < 1.29 is 4.42 Å². The highest BCUT2D eigenvalue weighted by molar-refractivity contribution is 5.02. The van der Waals surface area contributed by atoms with Crippen molar-refractivity contribution in [2.24, 2.45) is 0 Å². The largest absolute Gasteiger partial charge is 0.468 e. The van der Waals surface area contributed by atoms with E-state index < -0.39 is 0 Å². The number of furan rings is 1. The Morgan fingerprint density at radius 1 is 1.38 bits per heavy atom. The molecule has 1 N–H and O–H groups in total. The first-order valence-corrected chi connectivity index (χ1v) is 6.27. The summed E-state index contributed by atoms with van der Waals surface area (Å²) >= 11 is 0. The lowest BCUT2D eigenvalue weighted by molar-refractivity contribution is 0.294. The molecule has 0 saturated heterocycles. The smallest absolute Gasteiger partial charge is 0.120 e. The lowest BCUT2D eigenvalue weighted by Gasteiger charge is -2.18. The summed E-state index contributed by atoms with van der Waals surface area (Å²) in [6, 6.07) is 4.26. The van der Waals surface area contributed by atoms with Crippen LogP contribution in [0.15, 0.2) is 22.8 Å². The van der Waals surface area contributed by atoms with Gasteiger partial charge in [-0.1, -0.05) is 13.8 Å². The molecule has 0 aliphatic carbocycles. The van der Waals surface area contributed by atoms with Crippen LogP contribution in [0.25, 0.3) is 0 Å². The summed E-state index contributed by atoms with van der Waals surface area (Å²) < 4.78 is 5.34. The minimum atomic E-state index is 0.312. The van der Waals surface area contributed by atoms with Crippen LogP contribution in [0.1, 0.15) is 39.0 Å². The van der Waals surface area contributed by atoms with Gasteiger partial charge in [0.25, 0.3) is 0 Å². The zero-order valence-electron chi connectivity index (χ0n) is 10.7. The number of nitrogens with zero attached hydrogens (tertiary/aromatic N) is 1. The molecule has 1 aromatic rings. The average Bonchev–Trinajstić information content (AvgIpc) is 2.82. The van der Waals surface area contributed by atoms with Crippen LogP contribution < -0.4 is 5.32 Å². The van der Waals surface area contributed by atoms with Gasteiger partial charge in [0.15, 0.2) is 0 Å². The number of rotatable bonds is 8. The molecule has 1 rings (SSSR count). The second-order valence-corrected chi connectivity index (χ2v) is 4.07. The number of hydrogen-bond donors (Lipinski definition) is 1. The van der Waals surface area contributed by atoms with E-state index in [1.807, 2.05) is 12.1 Å². The van der Waals surface area contributed by atoms with Crippen molar-refractivity contribution >= 4 is 0 Å². The van der Waals surface area contributed by atoms with Crippen LogP contribution >= 0.6 is 0 Å². The van der Waals surface area contributed by atoms with E-state index in [4.69, 9.17) is 4.42 Å². The van der Waals surface area contributed by atoms with E-state index in [9.17, 15) is 0 Å². The Morgan fingerprint density at radius 2 is 2.12 bits per heavy atom. The van der Waals surface area contributed by atoms with Crippen LogP contribution in [0.3, 0.4) is 0 Å². The van der Waals surface area contributed by atoms with E-state index in [-0.39, 0.29) is 0 Å². The lowest BCUT2D eigenvalue weighted by Crippen LogP contribution is -2.28. The Kier molecular flexibility index (Phi) is 6.19. The van der Waals surface area contributed by atoms with Crippen molar-refractivity contribution in [3.8, 4) is 0 Å². The third kappa shape index (κ3) is 4.37. The first-order valence-electron chi connectivity index (χ1n) is 6.27. The lowest BCUT2D eigenvalue weighted by atomic mass is 10.2. The van der Waals surface area contributed by atoms with Crippen molar-refractivity contribution in [1.82, 2.24) is 10.2 Å². The van der Waals surface area contributed by atoms with Crippen molar-refractivity contribution in [1.29, 1.82) is 0 Å². The predicted octanol–water partition coefficient (Wildman–Crippen LogP) is 2.66. The van der Waals surface area contributed by atoms with Crippen molar-refractivity contribution in [2.75, 3.05) is 26.2 Å². The van der Waals surface area contributed by atoms with Gasteiger partial charge in [-0.25, -0.2) is 0 Å². The second kappa shape index (κ2) is 7.47. The quantitative estimate of drug-likeness (QED) is 0.688. The molecule has 1 heterocycles. The maximum absolute atomic E-state index is 5.34. The van der Waals surface area contributed by atoms with Crippen molar-refractivity contribution in [3.63, 3.8) is 0 Å². The molecule has 0 saturated carbocycles. The molecule has 92 valence electrons. The summed E-state index contributed by atoms with van der Waals surface area (Å²) in [5.41, 5.74) is 0. The Bertz CT molecular complexity index is 255. The molecular weight excluding hydrogens is 200 g/mol. The van der Waals surface area contributed by atoms with E-state index in [1.165, 1.54) is 13.0 Å². The average molecular weight is 224 g/mol. The molecular formula is C13H24N2O. The van der Waals surface area contributed by atoms with E-state index in [0.717, 1.165) is 25.4 Å². The molecule has 0 aliphatic heterocycles. The Labute approximate surface area is 98.8 Å². The minimum Gasteiger partial charge on any atom is -0.468 e. The van der Waals surface area contributed by atoms with Gasteiger partial charge >= 0.3 is 0 Å². The van der Waals surface area contributed by atoms with Gasteiger partial charge in [-0.2, -0.15) is 0 Å². The highest BCUT2D eigenvalue weighted by Crippen LogP contribution is 2.11. The van der Waals surface area contributed by atoms with Gasteiger partial charge in [0, 0.05) is 0 Å². The fraction of sp³-hybridized carbons (Fsp3) is 0.692. The number of hydrogen-bond acceptors (Lipinski definition) is 3. The molecule has 0 aliphatic rings. The third-order valence-electron chi connectivity index (χ3n) is 2.97.